The number of anilines is 1. The molecule has 0 saturated heterocycles. The second-order valence-electron chi connectivity index (χ2n) is 5.27. The van der Waals surface area contributed by atoms with E-state index in [-0.39, 0.29) is 5.91 Å². The Morgan fingerprint density at radius 1 is 1.45 bits per heavy atom. The maximum absolute atomic E-state index is 12.0. The normalized spacial score (nSPS) is 15.7. The molecule has 1 fully saturated rings. The van der Waals surface area contributed by atoms with Crippen molar-refractivity contribution in [2.45, 2.75) is 32.8 Å². The van der Waals surface area contributed by atoms with E-state index in [0.29, 0.717) is 23.8 Å². The van der Waals surface area contributed by atoms with Gasteiger partial charge in [0.15, 0.2) is 0 Å². The van der Waals surface area contributed by atoms with Crippen LogP contribution in [0.5, 0.6) is 0 Å². The number of hydrogen-bond donors (Lipinski definition) is 2. The van der Waals surface area contributed by atoms with Crippen molar-refractivity contribution in [2.24, 2.45) is 11.7 Å². The summed E-state index contributed by atoms with van der Waals surface area (Å²) < 4.78 is 5.50. The number of carbonyl (C=O) groups is 2. The van der Waals surface area contributed by atoms with Crippen molar-refractivity contribution in [1.82, 2.24) is 0 Å². The van der Waals surface area contributed by atoms with Gasteiger partial charge in [0.05, 0.1) is 17.9 Å². The largest absolute Gasteiger partial charge is 0.368 e. The molecule has 1 aromatic rings. The summed E-state index contributed by atoms with van der Waals surface area (Å²) in [4.78, 5) is 23.5. The molecule has 1 aromatic carbocycles. The summed E-state index contributed by atoms with van der Waals surface area (Å²) in [6.07, 6.45) is 1.81. The summed E-state index contributed by atoms with van der Waals surface area (Å²) in [5, 5.41) is 2.71. The lowest BCUT2D eigenvalue weighted by Crippen LogP contribution is -2.29. The third kappa shape index (κ3) is 3.57. The Kier molecular flexibility index (Phi) is 4.39. The summed E-state index contributed by atoms with van der Waals surface area (Å²) in [5.41, 5.74) is 6.87. The van der Waals surface area contributed by atoms with Crippen LogP contribution >= 0.6 is 0 Å². The van der Waals surface area contributed by atoms with Crippen LogP contribution in [0, 0.1) is 12.8 Å². The highest BCUT2D eigenvalue weighted by Crippen LogP contribution is 2.29. The van der Waals surface area contributed by atoms with E-state index in [1.165, 1.54) is 12.8 Å². The van der Waals surface area contributed by atoms with Crippen molar-refractivity contribution in [3.63, 3.8) is 0 Å². The van der Waals surface area contributed by atoms with Gasteiger partial charge >= 0.3 is 0 Å². The molecule has 108 valence electrons. The molecule has 1 aliphatic carbocycles. The fourth-order valence-corrected chi connectivity index (χ4v) is 1.97. The molecule has 0 bridgehead atoms. The molecule has 0 radical (unpaired) electrons. The van der Waals surface area contributed by atoms with E-state index in [4.69, 9.17) is 10.5 Å². The van der Waals surface area contributed by atoms with Crippen LogP contribution in [-0.2, 0) is 9.53 Å². The van der Waals surface area contributed by atoms with E-state index in [2.05, 4.69) is 5.32 Å². The second kappa shape index (κ2) is 6.05. The number of hydrogen-bond acceptors (Lipinski definition) is 3. The van der Waals surface area contributed by atoms with Crippen LogP contribution in [0.1, 0.15) is 35.7 Å². The smallest absolute Gasteiger partial charge is 0.253 e. The molecular formula is C15H20N2O3. The van der Waals surface area contributed by atoms with Crippen LogP contribution in [-0.4, -0.2) is 24.5 Å². The minimum absolute atomic E-state index is 0.265. The number of ether oxygens (including phenoxy) is 1. The van der Waals surface area contributed by atoms with E-state index in [1.54, 1.807) is 32.0 Å². The molecule has 20 heavy (non-hydrogen) atoms. The molecule has 1 atom stereocenters. The molecule has 0 aromatic heterocycles. The predicted molar refractivity (Wildman–Crippen MR) is 76.5 cm³/mol. The zero-order chi connectivity index (χ0) is 14.7. The summed E-state index contributed by atoms with van der Waals surface area (Å²) in [5.74, 6) is -0.214. The van der Waals surface area contributed by atoms with Gasteiger partial charge in [-0.1, -0.05) is 12.1 Å². The average Bonchev–Trinajstić information content (AvgIpc) is 3.19. The Labute approximate surface area is 118 Å². The molecule has 0 heterocycles. The standard InChI is InChI=1S/C15H20N2O3/c1-9-4-3-5-12(13(9)14(16)18)17-15(19)10(2)20-8-11-6-7-11/h3-5,10-11H,6-8H2,1-2H3,(H2,16,18)(H,17,19). The SMILES string of the molecule is Cc1cccc(NC(=O)C(C)OCC2CC2)c1C(N)=O. The molecule has 5 heteroatoms. The quantitative estimate of drug-likeness (QED) is 0.832. The summed E-state index contributed by atoms with van der Waals surface area (Å²) in [7, 11) is 0. The van der Waals surface area contributed by atoms with Gasteiger partial charge in [-0.2, -0.15) is 0 Å². The molecule has 0 aliphatic heterocycles. The van der Waals surface area contributed by atoms with Crippen LogP contribution in [0.25, 0.3) is 0 Å². The lowest BCUT2D eigenvalue weighted by Gasteiger charge is -2.15. The maximum Gasteiger partial charge on any atom is 0.253 e. The zero-order valence-electron chi connectivity index (χ0n) is 11.8. The van der Waals surface area contributed by atoms with Gasteiger partial charge in [0.1, 0.15) is 6.10 Å². The van der Waals surface area contributed by atoms with E-state index in [0.717, 1.165) is 5.56 Å². The molecule has 2 rings (SSSR count). The molecule has 1 aliphatic rings. The van der Waals surface area contributed by atoms with Gasteiger partial charge in [0.2, 0.25) is 0 Å². The van der Waals surface area contributed by atoms with Crippen LogP contribution in [0.2, 0.25) is 0 Å². The van der Waals surface area contributed by atoms with Crippen LogP contribution in [0.15, 0.2) is 18.2 Å². The highest BCUT2D eigenvalue weighted by Gasteiger charge is 2.24. The van der Waals surface area contributed by atoms with Gasteiger partial charge in [-0.25, -0.2) is 0 Å². The third-order valence-electron chi connectivity index (χ3n) is 3.43. The molecule has 5 nitrogen and oxygen atoms in total. The fraction of sp³-hybridized carbons (Fsp3) is 0.467. The monoisotopic (exact) mass is 276 g/mol. The van der Waals surface area contributed by atoms with Gasteiger partial charge in [-0.3, -0.25) is 9.59 Å². The van der Waals surface area contributed by atoms with Crippen molar-refractivity contribution in [1.29, 1.82) is 0 Å². The van der Waals surface area contributed by atoms with Gasteiger partial charge in [-0.05, 0) is 44.2 Å². The number of carbonyl (C=O) groups excluding carboxylic acids is 2. The topological polar surface area (TPSA) is 81.4 Å². The Morgan fingerprint density at radius 3 is 2.75 bits per heavy atom. The lowest BCUT2D eigenvalue weighted by molar-refractivity contribution is -0.126. The number of aryl methyl sites for hydroxylation is 1. The van der Waals surface area contributed by atoms with E-state index < -0.39 is 12.0 Å². The lowest BCUT2D eigenvalue weighted by atomic mass is 10.1. The van der Waals surface area contributed by atoms with Crippen LogP contribution in [0.4, 0.5) is 5.69 Å². The maximum atomic E-state index is 12.0. The Bertz CT molecular complexity index is 524. The minimum atomic E-state index is -0.551. The molecule has 1 saturated carbocycles. The fourth-order valence-electron chi connectivity index (χ4n) is 1.97. The number of primary amides is 1. The van der Waals surface area contributed by atoms with Gasteiger partial charge < -0.3 is 15.8 Å². The van der Waals surface area contributed by atoms with Crippen molar-refractivity contribution >= 4 is 17.5 Å². The predicted octanol–water partition coefficient (Wildman–Crippen LogP) is 1.85. The molecule has 3 N–H and O–H groups in total. The molecule has 1 unspecified atom stereocenters. The van der Waals surface area contributed by atoms with Crippen molar-refractivity contribution in [2.75, 3.05) is 11.9 Å². The van der Waals surface area contributed by atoms with Crippen LogP contribution in [0.3, 0.4) is 0 Å². The summed E-state index contributed by atoms with van der Waals surface area (Å²) in [6, 6.07) is 5.22. The van der Waals surface area contributed by atoms with Gasteiger partial charge in [0, 0.05) is 0 Å². The summed E-state index contributed by atoms with van der Waals surface area (Å²) >= 11 is 0. The number of benzene rings is 1. The second-order valence-corrected chi connectivity index (χ2v) is 5.27. The first-order chi connectivity index (χ1) is 9.49. The average molecular weight is 276 g/mol. The number of amides is 2. The highest BCUT2D eigenvalue weighted by molar-refractivity contribution is 6.04. The minimum Gasteiger partial charge on any atom is -0.368 e. The van der Waals surface area contributed by atoms with Gasteiger partial charge in [-0.15, -0.1) is 0 Å². The Hall–Kier alpha value is -1.88. The molecule has 2 amide bonds. The first kappa shape index (κ1) is 14.5. The van der Waals surface area contributed by atoms with E-state index >= 15 is 0 Å². The highest BCUT2D eigenvalue weighted by atomic mass is 16.5. The van der Waals surface area contributed by atoms with E-state index in [1.807, 2.05) is 0 Å². The number of nitrogens with one attached hydrogen (secondary N) is 1. The molecular weight excluding hydrogens is 256 g/mol. The van der Waals surface area contributed by atoms with E-state index in [9.17, 15) is 9.59 Å². The van der Waals surface area contributed by atoms with Crippen LogP contribution < -0.4 is 11.1 Å². The van der Waals surface area contributed by atoms with Crippen molar-refractivity contribution < 1.29 is 14.3 Å². The Morgan fingerprint density at radius 2 is 2.15 bits per heavy atom. The number of nitrogens with two attached hydrogens (primary N) is 1. The Balaban J connectivity index is 2.02. The van der Waals surface area contributed by atoms with Crippen molar-refractivity contribution in [3.05, 3.63) is 29.3 Å². The first-order valence-corrected chi connectivity index (χ1v) is 6.81. The number of rotatable bonds is 6. The third-order valence-corrected chi connectivity index (χ3v) is 3.43. The first-order valence-electron chi connectivity index (χ1n) is 6.81. The molecule has 0 spiro atoms. The zero-order valence-corrected chi connectivity index (χ0v) is 11.8. The van der Waals surface area contributed by atoms with Crippen molar-refractivity contribution in [3.8, 4) is 0 Å². The van der Waals surface area contributed by atoms with Gasteiger partial charge in [0.25, 0.3) is 11.8 Å². The summed E-state index contributed by atoms with van der Waals surface area (Å²) in [6.45, 7) is 4.10.